The van der Waals surface area contributed by atoms with E-state index in [0.29, 0.717) is 23.8 Å². The van der Waals surface area contributed by atoms with Gasteiger partial charge in [0.05, 0.1) is 4.90 Å². The lowest BCUT2D eigenvalue weighted by atomic mass is 9.95. The number of hydrogen-bond donors (Lipinski definition) is 1. The molecule has 0 spiro atoms. The molecule has 1 N–H and O–H groups in total. The van der Waals surface area contributed by atoms with Crippen molar-refractivity contribution in [3.63, 3.8) is 0 Å². The van der Waals surface area contributed by atoms with E-state index in [1.54, 1.807) is 28.6 Å². The number of nitrogens with zero attached hydrogens (tertiary/aromatic N) is 2. The van der Waals surface area contributed by atoms with E-state index in [-0.39, 0.29) is 16.7 Å². The first-order valence-electron chi connectivity index (χ1n) is 12.3. The Morgan fingerprint density at radius 2 is 1.65 bits per heavy atom. The van der Waals surface area contributed by atoms with Crippen LogP contribution in [0, 0.1) is 5.92 Å². The Labute approximate surface area is 209 Å². The van der Waals surface area contributed by atoms with Crippen molar-refractivity contribution in [3.05, 3.63) is 53.6 Å². The van der Waals surface area contributed by atoms with Gasteiger partial charge in [0.15, 0.2) is 0 Å². The second-order valence-corrected chi connectivity index (χ2v) is 11.2. The third-order valence-corrected chi connectivity index (χ3v) is 8.47. The number of hydrogen-bond acceptors (Lipinski definition) is 4. The molecule has 1 fully saturated rings. The van der Waals surface area contributed by atoms with Crippen LogP contribution in [0.3, 0.4) is 0 Å². The highest BCUT2D eigenvalue weighted by molar-refractivity contribution is 7.89. The molecule has 0 aliphatic carbocycles. The van der Waals surface area contributed by atoms with Gasteiger partial charge in [0.2, 0.25) is 15.9 Å². The fourth-order valence-electron chi connectivity index (χ4n) is 4.20. The zero-order valence-electron chi connectivity index (χ0n) is 20.2. The molecule has 1 amide bonds. The third-order valence-electron chi connectivity index (χ3n) is 6.32. The first-order valence-corrected chi connectivity index (χ1v) is 14.1. The highest BCUT2D eigenvalue weighted by Gasteiger charge is 2.26. The molecule has 186 valence electrons. The van der Waals surface area contributed by atoms with Crippen LogP contribution in [0.1, 0.15) is 52.4 Å². The minimum Gasteiger partial charge on any atom is -0.371 e. The lowest BCUT2D eigenvalue weighted by Gasteiger charge is -2.33. The number of nitrogens with one attached hydrogen (secondary N) is 1. The van der Waals surface area contributed by atoms with Crippen LogP contribution < -0.4 is 10.2 Å². The zero-order chi connectivity index (χ0) is 24.6. The van der Waals surface area contributed by atoms with Crippen molar-refractivity contribution in [2.75, 3.05) is 36.4 Å². The van der Waals surface area contributed by atoms with E-state index in [1.165, 1.54) is 0 Å². The van der Waals surface area contributed by atoms with Crippen molar-refractivity contribution in [2.45, 2.75) is 57.3 Å². The van der Waals surface area contributed by atoms with E-state index in [9.17, 15) is 13.2 Å². The topological polar surface area (TPSA) is 69.7 Å². The van der Waals surface area contributed by atoms with Crippen LogP contribution in [0.2, 0.25) is 5.02 Å². The third kappa shape index (κ3) is 6.96. The van der Waals surface area contributed by atoms with Gasteiger partial charge in [-0.25, -0.2) is 8.42 Å². The molecule has 6 nitrogen and oxygen atoms in total. The molecule has 0 saturated carbocycles. The second kappa shape index (κ2) is 12.6. The molecule has 2 aromatic rings. The number of anilines is 2. The van der Waals surface area contributed by atoms with Crippen molar-refractivity contribution in [2.24, 2.45) is 5.92 Å². The first kappa shape index (κ1) is 26.5. The molecule has 0 bridgehead atoms. The Kier molecular flexibility index (Phi) is 9.80. The minimum absolute atomic E-state index is 0.0196. The zero-order valence-corrected chi connectivity index (χ0v) is 21.7. The van der Waals surface area contributed by atoms with Gasteiger partial charge in [-0.2, -0.15) is 4.31 Å². The van der Waals surface area contributed by atoms with Gasteiger partial charge in [-0.1, -0.05) is 44.4 Å². The largest absolute Gasteiger partial charge is 0.371 e. The van der Waals surface area contributed by atoms with Crippen LogP contribution in [0.25, 0.3) is 0 Å². The summed E-state index contributed by atoms with van der Waals surface area (Å²) in [5.41, 5.74) is 1.70. The van der Waals surface area contributed by atoms with Crippen molar-refractivity contribution in [1.29, 1.82) is 0 Å². The van der Waals surface area contributed by atoms with Crippen LogP contribution >= 0.6 is 11.6 Å². The average Bonchev–Trinajstić information content (AvgIpc) is 2.84. The maximum Gasteiger partial charge on any atom is 0.243 e. The highest BCUT2D eigenvalue weighted by Crippen LogP contribution is 2.27. The van der Waals surface area contributed by atoms with E-state index in [4.69, 9.17) is 11.6 Å². The van der Waals surface area contributed by atoms with Crippen LogP contribution in [-0.2, 0) is 14.8 Å². The number of carbonyl (C=O) groups excluding carboxylic acids is 1. The van der Waals surface area contributed by atoms with Crippen molar-refractivity contribution in [1.82, 2.24) is 4.31 Å². The summed E-state index contributed by atoms with van der Waals surface area (Å²) in [6.07, 6.45) is 5.09. The lowest BCUT2D eigenvalue weighted by molar-refractivity contribution is -0.120. The smallest absolute Gasteiger partial charge is 0.243 e. The Hall–Kier alpha value is -2.09. The van der Waals surface area contributed by atoms with Crippen LogP contribution in [0.5, 0.6) is 0 Å². The van der Waals surface area contributed by atoms with E-state index in [0.717, 1.165) is 57.3 Å². The number of piperidine rings is 1. The Balaban J connectivity index is 1.58. The summed E-state index contributed by atoms with van der Waals surface area (Å²) in [6.45, 7) is 6.77. The van der Waals surface area contributed by atoms with Gasteiger partial charge in [0.1, 0.15) is 0 Å². The van der Waals surface area contributed by atoms with Gasteiger partial charge in [-0.3, -0.25) is 4.79 Å². The van der Waals surface area contributed by atoms with E-state index in [2.05, 4.69) is 24.1 Å². The fraction of sp³-hybridized carbons (Fsp3) is 0.500. The molecule has 8 heteroatoms. The van der Waals surface area contributed by atoms with E-state index in [1.807, 2.05) is 24.3 Å². The molecule has 0 radical (unpaired) electrons. The number of rotatable bonds is 11. The number of sulfonamides is 1. The summed E-state index contributed by atoms with van der Waals surface area (Å²) in [5.74, 6) is -0.0914. The number of unbranched alkanes of at least 4 members (excludes halogenated alkanes) is 2. The second-order valence-electron chi connectivity index (χ2n) is 8.87. The normalized spacial score (nSPS) is 15.0. The Bertz CT molecular complexity index is 1030. The molecule has 1 aliphatic rings. The quantitative estimate of drug-likeness (QED) is 0.420. The number of halogens is 1. The maximum absolute atomic E-state index is 13.1. The SMILES string of the molecule is CCCCN(CCCC)S(=O)(=O)c1ccc(NC(=O)C2CCN(c3cccc(Cl)c3)CC2)cc1. The number of amides is 1. The van der Waals surface area contributed by atoms with E-state index < -0.39 is 10.0 Å². The molecular weight excluding hydrogens is 470 g/mol. The summed E-state index contributed by atoms with van der Waals surface area (Å²) in [6, 6.07) is 14.3. The molecule has 1 aliphatic heterocycles. The molecule has 1 saturated heterocycles. The number of carbonyl (C=O) groups is 1. The van der Waals surface area contributed by atoms with Gasteiger partial charge >= 0.3 is 0 Å². The standard InChI is InChI=1S/C26H36ClN3O3S/c1-3-5-16-30(17-6-4-2)34(32,33)25-12-10-23(11-13-25)28-26(31)21-14-18-29(19-15-21)24-9-7-8-22(27)20-24/h7-13,20-21H,3-6,14-19H2,1-2H3,(H,28,31). The number of benzene rings is 2. The molecule has 3 rings (SSSR count). The summed E-state index contributed by atoms with van der Waals surface area (Å²) < 4.78 is 27.8. The predicted octanol–water partition coefficient (Wildman–Crippen LogP) is 5.79. The van der Waals surface area contributed by atoms with Crippen LogP contribution in [0.15, 0.2) is 53.4 Å². The maximum atomic E-state index is 13.1. The van der Waals surface area contributed by atoms with Gasteiger partial charge in [0.25, 0.3) is 0 Å². The highest BCUT2D eigenvalue weighted by atomic mass is 35.5. The summed E-state index contributed by atoms with van der Waals surface area (Å²) >= 11 is 6.10. The minimum atomic E-state index is -3.54. The van der Waals surface area contributed by atoms with Crippen LogP contribution in [0.4, 0.5) is 11.4 Å². The Morgan fingerprint density at radius 1 is 1.03 bits per heavy atom. The van der Waals surface area contributed by atoms with Gasteiger partial charge < -0.3 is 10.2 Å². The van der Waals surface area contributed by atoms with Crippen molar-refractivity contribution >= 4 is 38.9 Å². The molecular formula is C26H36ClN3O3S. The van der Waals surface area contributed by atoms with Gasteiger partial charge in [-0.05, 0) is 68.1 Å². The molecule has 0 unspecified atom stereocenters. The molecule has 34 heavy (non-hydrogen) atoms. The van der Waals surface area contributed by atoms with Gasteiger partial charge in [-0.15, -0.1) is 0 Å². The Morgan fingerprint density at radius 3 is 2.21 bits per heavy atom. The molecule has 0 aromatic heterocycles. The summed E-state index contributed by atoms with van der Waals surface area (Å²) in [4.78, 5) is 15.3. The molecule has 2 aromatic carbocycles. The fourth-order valence-corrected chi connectivity index (χ4v) is 5.90. The average molecular weight is 506 g/mol. The van der Waals surface area contributed by atoms with Crippen LogP contribution in [-0.4, -0.2) is 44.8 Å². The van der Waals surface area contributed by atoms with E-state index >= 15 is 0 Å². The first-order chi connectivity index (χ1) is 16.3. The lowest BCUT2D eigenvalue weighted by Crippen LogP contribution is -2.38. The molecule has 0 atom stereocenters. The predicted molar refractivity (Wildman–Crippen MR) is 140 cm³/mol. The van der Waals surface area contributed by atoms with Crippen molar-refractivity contribution < 1.29 is 13.2 Å². The summed E-state index contributed by atoms with van der Waals surface area (Å²) in [5, 5.41) is 3.67. The monoisotopic (exact) mass is 505 g/mol. The molecule has 1 heterocycles. The summed E-state index contributed by atoms with van der Waals surface area (Å²) in [7, 11) is -3.54. The van der Waals surface area contributed by atoms with Crippen molar-refractivity contribution in [3.8, 4) is 0 Å². The van der Waals surface area contributed by atoms with Gasteiger partial charge in [0, 0.05) is 48.5 Å².